The lowest BCUT2D eigenvalue weighted by molar-refractivity contribution is 0.0953. The molecule has 34 heavy (non-hydrogen) atoms. The third kappa shape index (κ3) is 4.65. The maximum absolute atomic E-state index is 13.9. The van der Waals surface area contributed by atoms with Crippen LogP contribution in [0.3, 0.4) is 0 Å². The Bertz CT molecular complexity index is 1430. The summed E-state index contributed by atoms with van der Waals surface area (Å²) in [5.41, 5.74) is 3.46. The van der Waals surface area contributed by atoms with Gasteiger partial charge in [-0.2, -0.15) is 0 Å². The van der Waals surface area contributed by atoms with Gasteiger partial charge in [-0.1, -0.05) is 30.3 Å². The van der Waals surface area contributed by atoms with Crippen molar-refractivity contribution in [3.8, 4) is 22.6 Å². The number of carbonyl (C=O) groups is 1. The van der Waals surface area contributed by atoms with E-state index < -0.39 is 0 Å². The number of rotatable bonds is 8. The SMILES string of the molecule is O=C(NCCCNc1nccc(-c2c(-c3cccc(F)c3)nc3sccn23)n1)c1ccccc1. The van der Waals surface area contributed by atoms with Gasteiger partial charge in [0.2, 0.25) is 5.95 Å². The maximum atomic E-state index is 13.9. The predicted octanol–water partition coefficient (Wildman–Crippen LogP) is 4.89. The molecular formula is C25H21FN6OS. The standard InChI is InChI=1S/C25H21FN6OS/c26-19-9-4-8-18(16-19)21-22(32-14-15-34-25(32)31-21)20-10-13-29-24(30-20)28-12-5-11-27-23(33)17-6-2-1-3-7-17/h1-4,6-10,13-16H,5,11-12H2,(H,27,33)(H,28,29,30). The summed E-state index contributed by atoms with van der Waals surface area (Å²) in [6.07, 6.45) is 4.32. The van der Waals surface area contributed by atoms with Crippen molar-refractivity contribution in [3.63, 3.8) is 0 Å². The molecule has 0 spiro atoms. The van der Waals surface area contributed by atoms with Crippen molar-refractivity contribution in [1.82, 2.24) is 24.7 Å². The molecule has 5 aromatic rings. The number of thiazole rings is 1. The minimum atomic E-state index is -0.316. The van der Waals surface area contributed by atoms with E-state index in [1.165, 1.54) is 23.5 Å². The molecule has 5 rings (SSSR count). The second kappa shape index (κ2) is 9.80. The van der Waals surface area contributed by atoms with Gasteiger partial charge in [0.05, 0.1) is 11.4 Å². The topological polar surface area (TPSA) is 84.2 Å². The third-order valence-electron chi connectivity index (χ3n) is 5.22. The molecule has 0 saturated carbocycles. The van der Waals surface area contributed by atoms with Crippen LogP contribution in [-0.4, -0.2) is 38.3 Å². The van der Waals surface area contributed by atoms with Crippen LogP contribution in [0, 0.1) is 5.82 Å². The number of fused-ring (bicyclic) bond motifs is 1. The first kappa shape index (κ1) is 21.7. The molecule has 170 valence electrons. The van der Waals surface area contributed by atoms with E-state index in [0.717, 1.165) is 10.7 Å². The van der Waals surface area contributed by atoms with E-state index in [-0.39, 0.29) is 11.7 Å². The van der Waals surface area contributed by atoms with Gasteiger partial charge in [0, 0.05) is 42.0 Å². The fourth-order valence-corrected chi connectivity index (χ4v) is 4.34. The van der Waals surface area contributed by atoms with Crippen molar-refractivity contribution in [3.05, 3.63) is 89.8 Å². The van der Waals surface area contributed by atoms with Crippen molar-refractivity contribution in [1.29, 1.82) is 0 Å². The van der Waals surface area contributed by atoms with Gasteiger partial charge in [0.25, 0.3) is 5.91 Å². The molecule has 2 N–H and O–H groups in total. The van der Waals surface area contributed by atoms with Gasteiger partial charge in [-0.3, -0.25) is 9.20 Å². The Balaban J connectivity index is 1.29. The lowest BCUT2D eigenvalue weighted by Gasteiger charge is -2.09. The summed E-state index contributed by atoms with van der Waals surface area (Å²) in [4.78, 5) is 26.6. The molecule has 0 aliphatic heterocycles. The van der Waals surface area contributed by atoms with Crippen molar-refractivity contribution < 1.29 is 9.18 Å². The monoisotopic (exact) mass is 472 g/mol. The highest BCUT2D eigenvalue weighted by Crippen LogP contribution is 2.33. The van der Waals surface area contributed by atoms with Crippen LogP contribution in [0.2, 0.25) is 0 Å². The zero-order valence-electron chi connectivity index (χ0n) is 18.1. The molecule has 7 nitrogen and oxygen atoms in total. The van der Waals surface area contributed by atoms with Crippen LogP contribution in [0.5, 0.6) is 0 Å². The molecule has 0 aliphatic carbocycles. The fourth-order valence-electron chi connectivity index (χ4n) is 3.63. The molecule has 3 aromatic heterocycles. The van der Waals surface area contributed by atoms with Crippen molar-refractivity contribution in [2.45, 2.75) is 6.42 Å². The van der Waals surface area contributed by atoms with Crippen LogP contribution < -0.4 is 10.6 Å². The number of carbonyl (C=O) groups excluding carboxylic acids is 1. The van der Waals surface area contributed by atoms with Gasteiger partial charge in [0.1, 0.15) is 11.5 Å². The lowest BCUT2D eigenvalue weighted by Crippen LogP contribution is -2.25. The maximum Gasteiger partial charge on any atom is 0.251 e. The molecule has 0 saturated heterocycles. The van der Waals surface area contributed by atoms with Gasteiger partial charge in [0.15, 0.2) is 4.96 Å². The van der Waals surface area contributed by atoms with E-state index in [9.17, 15) is 9.18 Å². The molecule has 9 heteroatoms. The Morgan fingerprint density at radius 1 is 1.03 bits per heavy atom. The highest BCUT2D eigenvalue weighted by atomic mass is 32.1. The lowest BCUT2D eigenvalue weighted by atomic mass is 10.1. The van der Waals surface area contributed by atoms with E-state index in [0.29, 0.717) is 48.0 Å². The Morgan fingerprint density at radius 2 is 1.91 bits per heavy atom. The minimum Gasteiger partial charge on any atom is -0.354 e. The summed E-state index contributed by atoms with van der Waals surface area (Å²) >= 11 is 1.50. The van der Waals surface area contributed by atoms with Gasteiger partial charge < -0.3 is 10.6 Å². The second-order valence-corrected chi connectivity index (χ2v) is 8.42. The number of hydrogen-bond acceptors (Lipinski definition) is 6. The van der Waals surface area contributed by atoms with Crippen molar-refractivity contribution >= 4 is 28.2 Å². The number of halogens is 1. The van der Waals surface area contributed by atoms with Crippen LogP contribution in [-0.2, 0) is 0 Å². The van der Waals surface area contributed by atoms with Gasteiger partial charge in [-0.15, -0.1) is 11.3 Å². The summed E-state index contributed by atoms with van der Waals surface area (Å²) in [6, 6.07) is 17.3. The van der Waals surface area contributed by atoms with Crippen LogP contribution in [0.25, 0.3) is 27.6 Å². The average Bonchev–Trinajstić information content (AvgIpc) is 3.46. The van der Waals surface area contributed by atoms with E-state index in [1.807, 2.05) is 46.3 Å². The molecule has 0 fully saturated rings. The fraction of sp³-hybridized carbons (Fsp3) is 0.120. The molecule has 0 unspecified atom stereocenters. The smallest absolute Gasteiger partial charge is 0.251 e. The summed E-state index contributed by atoms with van der Waals surface area (Å²) in [5.74, 6) is 0.0655. The number of nitrogens with zero attached hydrogens (tertiary/aromatic N) is 4. The van der Waals surface area contributed by atoms with Crippen LogP contribution in [0.4, 0.5) is 10.3 Å². The molecule has 3 heterocycles. The Kier molecular flexibility index (Phi) is 6.26. The number of aromatic nitrogens is 4. The number of nitrogens with one attached hydrogen (secondary N) is 2. The first-order valence-corrected chi connectivity index (χ1v) is 11.7. The van der Waals surface area contributed by atoms with Gasteiger partial charge >= 0.3 is 0 Å². The quantitative estimate of drug-likeness (QED) is 0.314. The largest absolute Gasteiger partial charge is 0.354 e. The van der Waals surface area contributed by atoms with Gasteiger partial charge in [-0.05, 0) is 36.8 Å². The number of imidazole rings is 1. The number of hydrogen-bond donors (Lipinski definition) is 2. The third-order valence-corrected chi connectivity index (χ3v) is 5.97. The first-order valence-electron chi connectivity index (χ1n) is 10.8. The van der Waals surface area contributed by atoms with Crippen LogP contribution in [0.1, 0.15) is 16.8 Å². The van der Waals surface area contributed by atoms with E-state index in [4.69, 9.17) is 4.98 Å². The molecular weight excluding hydrogens is 451 g/mol. The van der Waals surface area contributed by atoms with E-state index in [2.05, 4.69) is 20.6 Å². The summed E-state index contributed by atoms with van der Waals surface area (Å²) in [7, 11) is 0. The Morgan fingerprint density at radius 3 is 2.76 bits per heavy atom. The summed E-state index contributed by atoms with van der Waals surface area (Å²) < 4.78 is 15.8. The van der Waals surface area contributed by atoms with Crippen molar-refractivity contribution in [2.75, 3.05) is 18.4 Å². The average molecular weight is 473 g/mol. The normalized spacial score (nSPS) is 11.0. The summed E-state index contributed by atoms with van der Waals surface area (Å²) in [6.45, 7) is 1.12. The Hall–Kier alpha value is -4.11. The zero-order valence-corrected chi connectivity index (χ0v) is 18.9. The van der Waals surface area contributed by atoms with Crippen LogP contribution >= 0.6 is 11.3 Å². The molecule has 0 atom stereocenters. The molecule has 0 radical (unpaired) electrons. The van der Waals surface area contributed by atoms with Crippen LogP contribution in [0.15, 0.2) is 78.4 Å². The second-order valence-electron chi connectivity index (χ2n) is 7.54. The number of amides is 1. The summed E-state index contributed by atoms with van der Waals surface area (Å²) in [5, 5.41) is 8.07. The highest BCUT2D eigenvalue weighted by Gasteiger charge is 2.18. The number of anilines is 1. The highest BCUT2D eigenvalue weighted by molar-refractivity contribution is 7.15. The van der Waals surface area contributed by atoms with Crippen molar-refractivity contribution in [2.24, 2.45) is 0 Å². The Labute approximate surface area is 199 Å². The van der Waals surface area contributed by atoms with E-state index >= 15 is 0 Å². The molecule has 1 amide bonds. The van der Waals surface area contributed by atoms with Gasteiger partial charge in [-0.25, -0.2) is 19.3 Å². The zero-order chi connectivity index (χ0) is 23.3. The molecule has 0 aliphatic rings. The predicted molar refractivity (Wildman–Crippen MR) is 131 cm³/mol. The minimum absolute atomic E-state index is 0.0933. The molecule has 0 bridgehead atoms. The molecule has 2 aromatic carbocycles. The van der Waals surface area contributed by atoms with E-state index in [1.54, 1.807) is 24.4 Å². The first-order chi connectivity index (χ1) is 16.7. The number of benzene rings is 2.